The van der Waals surface area contributed by atoms with E-state index in [2.05, 4.69) is 5.10 Å². The van der Waals surface area contributed by atoms with Gasteiger partial charge in [-0.05, 0) is 25.1 Å². The number of nitrogens with one attached hydrogen (secondary N) is 1. The molecule has 0 saturated heterocycles. The number of rotatable bonds is 4. The minimum atomic E-state index is -0.772. The monoisotopic (exact) mass is 238 g/mol. The van der Waals surface area contributed by atoms with Gasteiger partial charge < -0.3 is 10.2 Å². The van der Waals surface area contributed by atoms with Crippen molar-refractivity contribution in [1.82, 2.24) is 5.43 Å². The lowest BCUT2D eigenvalue weighted by Gasteiger charge is -1.92. The molecule has 0 aliphatic heterocycles. The highest BCUT2D eigenvalue weighted by atomic mass is 16.6. The van der Waals surface area contributed by atoms with E-state index in [0.717, 1.165) is 0 Å². The molecular formula is C9H10N4O4. The van der Waals surface area contributed by atoms with Crippen LogP contribution in [0.4, 0.5) is 10.7 Å². The van der Waals surface area contributed by atoms with Gasteiger partial charge in [-0.2, -0.15) is 5.10 Å². The Morgan fingerprint density at radius 3 is 2.88 bits per heavy atom. The number of nitrogens with zero attached hydrogens (tertiary/aromatic N) is 2. The van der Waals surface area contributed by atoms with Gasteiger partial charge in [0, 0.05) is 0 Å². The fraction of sp³-hybridized carbons (Fsp3) is 0.111. The van der Waals surface area contributed by atoms with E-state index in [4.69, 9.17) is 10.2 Å². The number of nitro groups is 1. The molecule has 0 radical (unpaired) electrons. The van der Waals surface area contributed by atoms with Crippen LogP contribution in [-0.2, 0) is 0 Å². The van der Waals surface area contributed by atoms with Gasteiger partial charge in [-0.3, -0.25) is 10.1 Å². The van der Waals surface area contributed by atoms with Crippen LogP contribution in [0.1, 0.15) is 12.7 Å². The number of primary amides is 1. The number of carbonyl (C=O) groups is 1. The lowest BCUT2D eigenvalue weighted by molar-refractivity contribution is -0.402. The van der Waals surface area contributed by atoms with Gasteiger partial charge in [-0.15, -0.1) is 0 Å². The molecule has 0 aliphatic carbocycles. The molecule has 0 unspecified atom stereocenters. The van der Waals surface area contributed by atoms with Crippen LogP contribution in [0, 0.1) is 10.1 Å². The van der Waals surface area contributed by atoms with Crippen LogP contribution >= 0.6 is 0 Å². The third-order valence-corrected chi connectivity index (χ3v) is 1.62. The highest BCUT2D eigenvalue weighted by Crippen LogP contribution is 2.16. The third-order valence-electron chi connectivity index (χ3n) is 1.62. The van der Waals surface area contributed by atoms with Crippen LogP contribution in [0.3, 0.4) is 0 Å². The summed E-state index contributed by atoms with van der Waals surface area (Å²) in [4.78, 5) is 20.0. The molecule has 1 aromatic rings. The third kappa shape index (κ3) is 4.16. The second-order valence-corrected chi connectivity index (χ2v) is 3.00. The number of hydrogen-bond donors (Lipinski definition) is 2. The summed E-state index contributed by atoms with van der Waals surface area (Å²) in [6, 6.07) is 1.92. The summed E-state index contributed by atoms with van der Waals surface area (Å²) in [6.07, 6.45) is 2.99. The van der Waals surface area contributed by atoms with Crippen LogP contribution in [-0.4, -0.2) is 16.7 Å². The molecule has 1 rings (SSSR count). The Balaban J connectivity index is 2.66. The van der Waals surface area contributed by atoms with Gasteiger partial charge in [-0.1, -0.05) is 0 Å². The van der Waals surface area contributed by atoms with Gasteiger partial charge in [0.2, 0.25) is 0 Å². The number of furan rings is 1. The Kier molecular flexibility index (Phi) is 3.98. The van der Waals surface area contributed by atoms with Crippen molar-refractivity contribution in [2.45, 2.75) is 6.92 Å². The maximum Gasteiger partial charge on any atom is 0.433 e. The van der Waals surface area contributed by atoms with Crippen molar-refractivity contribution < 1.29 is 14.1 Å². The normalized spacial score (nSPS) is 11.7. The molecule has 2 amide bonds. The Labute approximate surface area is 95.9 Å². The van der Waals surface area contributed by atoms with Crippen molar-refractivity contribution in [2.24, 2.45) is 10.8 Å². The molecule has 90 valence electrons. The van der Waals surface area contributed by atoms with E-state index in [-0.39, 0.29) is 5.88 Å². The molecule has 0 spiro atoms. The predicted molar refractivity (Wildman–Crippen MR) is 60.2 cm³/mol. The summed E-state index contributed by atoms with van der Waals surface area (Å²) >= 11 is 0. The van der Waals surface area contributed by atoms with Crippen LogP contribution in [0.2, 0.25) is 0 Å². The Hall–Kier alpha value is -2.64. The SMILES string of the molecule is CC(/C=C/c1ccc([N+](=O)[O-])o1)=N\NC(N)=O. The molecule has 0 bridgehead atoms. The number of allylic oxidation sites excluding steroid dienone is 1. The zero-order chi connectivity index (χ0) is 12.8. The Morgan fingerprint density at radius 2 is 2.35 bits per heavy atom. The molecule has 0 saturated carbocycles. The zero-order valence-electron chi connectivity index (χ0n) is 8.91. The minimum absolute atomic E-state index is 0.310. The Bertz CT molecular complexity index is 489. The second-order valence-electron chi connectivity index (χ2n) is 3.00. The summed E-state index contributed by atoms with van der Waals surface area (Å²) in [5.74, 6) is -0.0279. The van der Waals surface area contributed by atoms with Crippen molar-refractivity contribution in [3.8, 4) is 0 Å². The fourth-order valence-corrected chi connectivity index (χ4v) is 0.913. The number of carbonyl (C=O) groups excluding carboxylic acids is 1. The largest absolute Gasteiger partial charge is 0.433 e. The molecule has 8 nitrogen and oxygen atoms in total. The van der Waals surface area contributed by atoms with Crippen LogP contribution < -0.4 is 11.2 Å². The van der Waals surface area contributed by atoms with Crippen molar-refractivity contribution >= 4 is 23.7 Å². The van der Waals surface area contributed by atoms with Crippen LogP contribution in [0.5, 0.6) is 0 Å². The predicted octanol–water partition coefficient (Wildman–Crippen LogP) is 1.25. The van der Waals surface area contributed by atoms with Gasteiger partial charge in [0.05, 0.1) is 11.8 Å². The molecule has 0 fully saturated rings. The van der Waals surface area contributed by atoms with Crippen LogP contribution in [0.15, 0.2) is 27.7 Å². The lowest BCUT2D eigenvalue weighted by atomic mass is 10.3. The molecule has 8 heteroatoms. The summed E-state index contributed by atoms with van der Waals surface area (Å²) in [5, 5.41) is 13.9. The maximum absolute atomic E-state index is 10.3. The highest BCUT2D eigenvalue weighted by Gasteiger charge is 2.09. The van der Waals surface area contributed by atoms with E-state index in [0.29, 0.717) is 11.5 Å². The molecule has 0 aliphatic rings. The first-order valence-electron chi connectivity index (χ1n) is 4.51. The van der Waals surface area contributed by atoms with Gasteiger partial charge in [0.15, 0.2) is 0 Å². The molecule has 3 N–H and O–H groups in total. The quantitative estimate of drug-likeness (QED) is 0.465. The van der Waals surface area contributed by atoms with Gasteiger partial charge in [0.1, 0.15) is 10.7 Å². The highest BCUT2D eigenvalue weighted by molar-refractivity contribution is 5.96. The van der Waals surface area contributed by atoms with Gasteiger partial charge >= 0.3 is 11.9 Å². The number of amides is 2. The molecule has 17 heavy (non-hydrogen) atoms. The molecule has 0 aromatic carbocycles. The zero-order valence-corrected chi connectivity index (χ0v) is 8.91. The number of urea groups is 1. The van der Waals surface area contributed by atoms with E-state index in [1.807, 2.05) is 5.43 Å². The molecule has 0 atom stereocenters. The first-order valence-corrected chi connectivity index (χ1v) is 4.51. The Morgan fingerprint density at radius 1 is 1.65 bits per heavy atom. The van der Waals surface area contributed by atoms with Gasteiger partial charge in [-0.25, -0.2) is 10.2 Å². The standard InChI is InChI=1S/C9H10N4O4/c1-6(11-12-9(10)14)2-3-7-4-5-8(17-7)13(15)16/h2-5H,1H3,(H3,10,12,14)/b3-2+,11-6+. The van der Waals surface area contributed by atoms with Crippen molar-refractivity contribution in [3.05, 3.63) is 34.1 Å². The molecule has 1 heterocycles. The summed E-state index contributed by atoms with van der Waals surface area (Å²) < 4.78 is 4.87. The first-order chi connectivity index (χ1) is 7.99. The average Bonchev–Trinajstić information content (AvgIpc) is 2.72. The summed E-state index contributed by atoms with van der Waals surface area (Å²) in [7, 11) is 0. The van der Waals surface area contributed by atoms with Gasteiger partial charge in [0.25, 0.3) is 0 Å². The van der Waals surface area contributed by atoms with Crippen molar-refractivity contribution in [1.29, 1.82) is 0 Å². The summed E-state index contributed by atoms with van der Waals surface area (Å²) in [6.45, 7) is 1.61. The topological polar surface area (TPSA) is 124 Å². The number of nitrogens with two attached hydrogens (primary N) is 1. The van der Waals surface area contributed by atoms with E-state index < -0.39 is 11.0 Å². The van der Waals surface area contributed by atoms with Crippen molar-refractivity contribution in [2.75, 3.05) is 0 Å². The second kappa shape index (κ2) is 5.45. The van der Waals surface area contributed by atoms with E-state index >= 15 is 0 Å². The molecular weight excluding hydrogens is 228 g/mol. The fourth-order valence-electron chi connectivity index (χ4n) is 0.913. The van der Waals surface area contributed by atoms with E-state index in [1.165, 1.54) is 24.3 Å². The minimum Gasteiger partial charge on any atom is -0.401 e. The first kappa shape index (κ1) is 12.4. The van der Waals surface area contributed by atoms with E-state index in [9.17, 15) is 14.9 Å². The maximum atomic E-state index is 10.3. The lowest BCUT2D eigenvalue weighted by Crippen LogP contribution is -2.25. The van der Waals surface area contributed by atoms with Crippen LogP contribution in [0.25, 0.3) is 6.08 Å². The van der Waals surface area contributed by atoms with E-state index in [1.54, 1.807) is 6.92 Å². The number of hydrazone groups is 1. The smallest absolute Gasteiger partial charge is 0.401 e. The van der Waals surface area contributed by atoms with Crippen molar-refractivity contribution in [3.63, 3.8) is 0 Å². The average molecular weight is 238 g/mol. The molecule has 1 aromatic heterocycles. The summed E-state index contributed by atoms with van der Waals surface area (Å²) in [5.41, 5.74) is 7.31. The number of hydrogen-bond acceptors (Lipinski definition) is 5.